The largest absolute Gasteiger partial charge is 0.405 e. The van der Waals surface area contributed by atoms with Gasteiger partial charge in [0.2, 0.25) is 0 Å². The molecule has 0 N–H and O–H groups in total. The molecule has 0 radical (unpaired) electrons. The first-order valence-corrected chi connectivity index (χ1v) is 6.97. The molecule has 0 aromatic heterocycles. The number of halogens is 2. The second kappa shape index (κ2) is 5.09. The third-order valence-electron chi connectivity index (χ3n) is 4.31. The van der Waals surface area contributed by atoms with E-state index in [1.54, 1.807) is 0 Å². The van der Waals surface area contributed by atoms with Crippen LogP contribution in [0.2, 0.25) is 0 Å². The van der Waals surface area contributed by atoms with Gasteiger partial charge in [0.15, 0.2) is 0 Å². The Kier molecular flexibility index (Phi) is 3.44. The van der Waals surface area contributed by atoms with Crippen LogP contribution in [0.4, 0.5) is 8.78 Å². The third-order valence-corrected chi connectivity index (χ3v) is 4.31. The second-order valence-corrected chi connectivity index (χ2v) is 5.46. The fourth-order valence-electron chi connectivity index (χ4n) is 2.72. The summed E-state index contributed by atoms with van der Waals surface area (Å²) in [5, 5.41) is 0.0724. The van der Waals surface area contributed by atoms with Crippen molar-refractivity contribution in [3.8, 4) is 0 Å². The van der Waals surface area contributed by atoms with E-state index in [1.165, 1.54) is 24.3 Å². The van der Waals surface area contributed by atoms with Crippen LogP contribution in [0.3, 0.4) is 0 Å². The molecular weight excluding hydrogens is 312 g/mol. The van der Waals surface area contributed by atoms with Crippen LogP contribution < -0.4 is 0 Å². The molecule has 122 valence electrons. The lowest BCUT2D eigenvalue weighted by atomic mass is 9.75. The summed E-state index contributed by atoms with van der Waals surface area (Å²) in [4.78, 5) is 40.3. The van der Waals surface area contributed by atoms with Crippen LogP contribution in [0, 0.1) is 0 Å². The number of benzene rings is 1. The molecule has 0 unspecified atom stereocenters. The maximum atomic E-state index is 14.3. The number of imide groups is 1. The molecule has 0 atom stereocenters. The number of hydroxylamine groups is 2. The first-order valence-electron chi connectivity index (χ1n) is 6.97. The number of carbonyl (C=O) groups excluding carboxylic acids is 3. The Labute approximate surface area is 129 Å². The summed E-state index contributed by atoms with van der Waals surface area (Å²) in [5.41, 5.74) is -1.94. The van der Waals surface area contributed by atoms with Gasteiger partial charge in [0.25, 0.3) is 11.8 Å². The molecule has 0 bridgehead atoms. The molecule has 1 aliphatic heterocycles. The number of hydrogen-bond acceptors (Lipinski definition) is 5. The van der Waals surface area contributed by atoms with Crippen LogP contribution in [-0.4, -0.2) is 41.5 Å². The predicted molar refractivity (Wildman–Crippen MR) is 71.6 cm³/mol. The maximum Gasteiger partial charge on any atom is 0.405 e. The van der Waals surface area contributed by atoms with Crippen molar-refractivity contribution in [2.75, 3.05) is 7.11 Å². The molecule has 3 rings (SSSR count). The first kappa shape index (κ1) is 15.5. The lowest BCUT2D eigenvalue weighted by Crippen LogP contribution is -2.60. The van der Waals surface area contributed by atoms with Crippen molar-refractivity contribution in [1.82, 2.24) is 5.06 Å². The minimum Gasteiger partial charge on any atom is -0.371 e. The zero-order valence-electron chi connectivity index (χ0n) is 12.2. The molecule has 2 amide bonds. The number of carbonyl (C=O) groups is 3. The van der Waals surface area contributed by atoms with Crippen molar-refractivity contribution in [3.63, 3.8) is 0 Å². The van der Waals surface area contributed by atoms with E-state index in [9.17, 15) is 23.2 Å². The lowest BCUT2D eigenvalue weighted by Gasteiger charge is -2.44. The Morgan fingerprint density at radius 1 is 1.17 bits per heavy atom. The molecule has 1 heterocycles. The Morgan fingerprint density at radius 3 is 2.09 bits per heavy atom. The van der Waals surface area contributed by atoms with E-state index in [0.29, 0.717) is 6.42 Å². The molecule has 1 saturated carbocycles. The van der Waals surface area contributed by atoms with Gasteiger partial charge in [-0.05, 0) is 31.4 Å². The number of alkyl halides is 2. The van der Waals surface area contributed by atoms with Crippen molar-refractivity contribution in [3.05, 3.63) is 35.4 Å². The van der Waals surface area contributed by atoms with Crippen molar-refractivity contribution in [1.29, 1.82) is 0 Å². The number of fused-ring (bicyclic) bond motifs is 1. The SMILES string of the molecule is COC1(C(F)(F)C(=O)ON2C(=O)c3ccccc3C2=O)CCC1. The van der Waals surface area contributed by atoms with Gasteiger partial charge in [-0.1, -0.05) is 17.2 Å². The van der Waals surface area contributed by atoms with E-state index in [0.717, 1.165) is 7.11 Å². The summed E-state index contributed by atoms with van der Waals surface area (Å²) in [6.45, 7) is 0. The summed E-state index contributed by atoms with van der Waals surface area (Å²) in [6.07, 6.45) is 0.477. The van der Waals surface area contributed by atoms with Gasteiger partial charge in [-0.15, -0.1) is 0 Å². The normalized spacial score (nSPS) is 19.3. The van der Waals surface area contributed by atoms with Crippen LogP contribution >= 0.6 is 0 Å². The molecule has 1 aromatic carbocycles. The van der Waals surface area contributed by atoms with Gasteiger partial charge in [0, 0.05) is 7.11 Å². The standard InChI is InChI=1S/C15H13F2NO5/c1-22-14(7-4-8-14)15(16,17)13(21)23-18-11(19)9-5-2-3-6-10(9)12(18)20/h2-3,5-6H,4,7-8H2,1H3. The van der Waals surface area contributed by atoms with E-state index in [-0.39, 0.29) is 29.0 Å². The van der Waals surface area contributed by atoms with Gasteiger partial charge in [0.1, 0.15) is 5.60 Å². The number of amides is 2. The summed E-state index contributed by atoms with van der Waals surface area (Å²) in [6, 6.07) is 5.73. The van der Waals surface area contributed by atoms with Crippen LogP contribution in [0.15, 0.2) is 24.3 Å². The Balaban J connectivity index is 1.82. The fraction of sp³-hybridized carbons (Fsp3) is 0.400. The molecule has 1 aliphatic carbocycles. The molecular formula is C15H13F2NO5. The first-order chi connectivity index (χ1) is 10.8. The topological polar surface area (TPSA) is 72.9 Å². The zero-order valence-corrected chi connectivity index (χ0v) is 12.2. The monoisotopic (exact) mass is 325 g/mol. The molecule has 2 aliphatic rings. The number of rotatable bonds is 4. The molecule has 8 heteroatoms. The highest BCUT2D eigenvalue weighted by atomic mass is 19.3. The van der Waals surface area contributed by atoms with Gasteiger partial charge >= 0.3 is 11.9 Å². The number of ether oxygens (including phenoxy) is 1. The predicted octanol–water partition coefficient (Wildman–Crippen LogP) is 1.95. The minimum atomic E-state index is -3.96. The Bertz CT molecular complexity index is 658. The van der Waals surface area contributed by atoms with Crippen molar-refractivity contribution < 1.29 is 32.7 Å². The summed E-state index contributed by atoms with van der Waals surface area (Å²) < 4.78 is 33.4. The molecule has 0 spiro atoms. The average molecular weight is 325 g/mol. The lowest BCUT2D eigenvalue weighted by molar-refractivity contribution is -0.254. The van der Waals surface area contributed by atoms with Crippen molar-refractivity contribution >= 4 is 17.8 Å². The van der Waals surface area contributed by atoms with E-state index in [1.807, 2.05) is 0 Å². The van der Waals surface area contributed by atoms with Crippen LogP contribution in [-0.2, 0) is 14.4 Å². The number of hydrogen-bond donors (Lipinski definition) is 0. The molecule has 6 nitrogen and oxygen atoms in total. The van der Waals surface area contributed by atoms with Gasteiger partial charge < -0.3 is 9.57 Å². The highest BCUT2D eigenvalue weighted by molar-refractivity contribution is 6.20. The van der Waals surface area contributed by atoms with E-state index in [4.69, 9.17) is 4.74 Å². The maximum absolute atomic E-state index is 14.3. The highest BCUT2D eigenvalue weighted by Gasteiger charge is 2.65. The third kappa shape index (κ3) is 2.05. The van der Waals surface area contributed by atoms with Crippen LogP contribution in [0.1, 0.15) is 40.0 Å². The molecule has 1 aromatic rings. The highest BCUT2D eigenvalue weighted by Crippen LogP contribution is 2.47. The summed E-state index contributed by atoms with van der Waals surface area (Å²) >= 11 is 0. The van der Waals surface area contributed by atoms with Crippen molar-refractivity contribution in [2.45, 2.75) is 30.8 Å². The van der Waals surface area contributed by atoms with Gasteiger partial charge in [-0.25, -0.2) is 4.79 Å². The number of methoxy groups -OCH3 is 1. The zero-order chi connectivity index (χ0) is 16.8. The smallest absolute Gasteiger partial charge is 0.371 e. The number of nitrogens with zero attached hydrogens (tertiary/aromatic N) is 1. The second-order valence-electron chi connectivity index (χ2n) is 5.46. The van der Waals surface area contributed by atoms with Crippen LogP contribution in [0.5, 0.6) is 0 Å². The van der Waals surface area contributed by atoms with E-state index < -0.39 is 29.3 Å². The van der Waals surface area contributed by atoms with Crippen molar-refractivity contribution in [2.24, 2.45) is 0 Å². The molecule has 0 saturated heterocycles. The summed E-state index contributed by atoms with van der Waals surface area (Å²) in [7, 11) is 1.09. The molecule has 1 fully saturated rings. The average Bonchev–Trinajstić information content (AvgIpc) is 2.72. The van der Waals surface area contributed by atoms with Gasteiger partial charge in [0.05, 0.1) is 11.1 Å². The minimum absolute atomic E-state index is 0.00119. The Hall–Kier alpha value is -2.35. The quantitative estimate of drug-likeness (QED) is 0.791. The van der Waals surface area contributed by atoms with Crippen LogP contribution in [0.25, 0.3) is 0 Å². The Morgan fingerprint density at radius 2 is 1.70 bits per heavy atom. The summed E-state index contributed by atoms with van der Waals surface area (Å²) in [5.74, 6) is -7.84. The van der Waals surface area contributed by atoms with Gasteiger partial charge in [-0.2, -0.15) is 8.78 Å². The van der Waals surface area contributed by atoms with E-state index in [2.05, 4.69) is 4.84 Å². The fourth-order valence-corrected chi connectivity index (χ4v) is 2.72. The van der Waals surface area contributed by atoms with E-state index >= 15 is 0 Å². The van der Waals surface area contributed by atoms with Gasteiger partial charge in [-0.3, -0.25) is 9.59 Å². The molecule has 23 heavy (non-hydrogen) atoms.